The standard InChI is InChI=1S/C31H28N4O5/c1-37-26-15-22(16-27(38-2)29(26)39-3)28(36)25-18-34-31(40-19-23-12-6-7-14-32-23)35-30(25)33-17-21-11-8-10-20-9-4-5-13-24(20)21/h4-16,18H,17,19H2,1-3H3,(H,33,34,35). The fourth-order valence-corrected chi connectivity index (χ4v) is 4.35. The highest BCUT2D eigenvalue weighted by Gasteiger charge is 2.22. The highest BCUT2D eigenvalue weighted by atomic mass is 16.5. The monoisotopic (exact) mass is 536 g/mol. The predicted octanol–water partition coefficient (Wildman–Crippen LogP) is 5.47. The molecule has 2 heterocycles. The molecule has 40 heavy (non-hydrogen) atoms. The Bertz CT molecular complexity index is 1610. The van der Waals surface area contributed by atoms with E-state index in [4.69, 9.17) is 18.9 Å². The number of methoxy groups -OCH3 is 3. The third-order valence-electron chi connectivity index (χ3n) is 6.34. The minimum atomic E-state index is -0.323. The van der Waals surface area contributed by atoms with Gasteiger partial charge in [-0.05, 0) is 40.6 Å². The first kappa shape index (κ1) is 26.4. The van der Waals surface area contributed by atoms with Crippen LogP contribution in [-0.4, -0.2) is 42.1 Å². The maximum Gasteiger partial charge on any atom is 0.318 e. The van der Waals surface area contributed by atoms with Crippen LogP contribution < -0.4 is 24.3 Å². The van der Waals surface area contributed by atoms with Crippen LogP contribution in [0.1, 0.15) is 27.2 Å². The first-order valence-corrected chi connectivity index (χ1v) is 12.6. The summed E-state index contributed by atoms with van der Waals surface area (Å²) in [4.78, 5) is 26.9. The number of hydrogen-bond acceptors (Lipinski definition) is 9. The van der Waals surface area contributed by atoms with Gasteiger partial charge in [0.05, 0.1) is 32.6 Å². The second kappa shape index (κ2) is 12.1. The van der Waals surface area contributed by atoms with Gasteiger partial charge in [0.2, 0.25) is 5.75 Å². The number of benzene rings is 3. The number of nitrogens with one attached hydrogen (secondary N) is 1. The summed E-state index contributed by atoms with van der Waals surface area (Å²) in [5.74, 6) is 1.14. The molecule has 0 fully saturated rings. The van der Waals surface area contributed by atoms with Gasteiger partial charge < -0.3 is 24.3 Å². The molecule has 0 saturated heterocycles. The molecule has 0 spiro atoms. The number of fused-ring (bicyclic) bond motifs is 1. The van der Waals surface area contributed by atoms with Crippen LogP contribution in [0.4, 0.5) is 5.82 Å². The molecule has 1 N–H and O–H groups in total. The van der Waals surface area contributed by atoms with E-state index in [9.17, 15) is 4.79 Å². The molecular weight excluding hydrogens is 508 g/mol. The van der Waals surface area contributed by atoms with Gasteiger partial charge in [0.15, 0.2) is 17.3 Å². The van der Waals surface area contributed by atoms with Crippen LogP contribution in [0.5, 0.6) is 23.3 Å². The van der Waals surface area contributed by atoms with E-state index in [0.717, 1.165) is 22.0 Å². The Kier molecular flexibility index (Phi) is 8.01. The zero-order valence-corrected chi connectivity index (χ0v) is 22.4. The van der Waals surface area contributed by atoms with Crippen molar-refractivity contribution in [2.45, 2.75) is 13.2 Å². The van der Waals surface area contributed by atoms with Crippen molar-refractivity contribution in [2.24, 2.45) is 0 Å². The van der Waals surface area contributed by atoms with E-state index in [2.05, 4.69) is 38.5 Å². The lowest BCUT2D eigenvalue weighted by Gasteiger charge is -2.15. The van der Waals surface area contributed by atoms with E-state index in [1.54, 1.807) is 18.3 Å². The number of ether oxygens (including phenoxy) is 4. The van der Waals surface area contributed by atoms with Crippen LogP contribution in [0.2, 0.25) is 0 Å². The Hall–Kier alpha value is -5.18. The highest BCUT2D eigenvalue weighted by Crippen LogP contribution is 2.39. The quantitative estimate of drug-likeness (QED) is 0.220. The highest BCUT2D eigenvalue weighted by molar-refractivity contribution is 6.12. The van der Waals surface area contributed by atoms with Crippen molar-refractivity contribution >= 4 is 22.4 Å². The number of nitrogens with zero attached hydrogens (tertiary/aromatic N) is 3. The normalized spacial score (nSPS) is 10.7. The van der Waals surface area contributed by atoms with E-state index in [1.807, 2.05) is 42.5 Å². The van der Waals surface area contributed by atoms with Gasteiger partial charge in [-0.2, -0.15) is 4.98 Å². The summed E-state index contributed by atoms with van der Waals surface area (Å²) in [5.41, 5.74) is 2.38. The molecule has 9 heteroatoms. The Morgan fingerprint density at radius 2 is 1.60 bits per heavy atom. The van der Waals surface area contributed by atoms with Crippen LogP contribution >= 0.6 is 0 Å². The van der Waals surface area contributed by atoms with Crippen molar-refractivity contribution < 1.29 is 23.7 Å². The summed E-state index contributed by atoms with van der Waals surface area (Å²) >= 11 is 0. The molecule has 0 saturated carbocycles. The second-order valence-corrected chi connectivity index (χ2v) is 8.76. The zero-order valence-electron chi connectivity index (χ0n) is 22.4. The van der Waals surface area contributed by atoms with Crippen LogP contribution in [0, 0.1) is 0 Å². The Morgan fingerprint density at radius 1 is 0.850 bits per heavy atom. The number of ketones is 1. The molecule has 5 aromatic rings. The predicted molar refractivity (Wildman–Crippen MR) is 151 cm³/mol. The zero-order chi connectivity index (χ0) is 27.9. The number of aromatic nitrogens is 3. The van der Waals surface area contributed by atoms with Gasteiger partial charge >= 0.3 is 6.01 Å². The molecule has 0 radical (unpaired) electrons. The first-order valence-electron chi connectivity index (χ1n) is 12.6. The third kappa shape index (κ3) is 5.63. The van der Waals surface area contributed by atoms with E-state index >= 15 is 0 Å². The maximum atomic E-state index is 13.8. The van der Waals surface area contributed by atoms with Crippen LogP contribution in [0.3, 0.4) is 0 Å². The largest absolute Gasteiger partial charge is 0.493 e. The average molecular weight is 537 g/mol. The Morgan fingerprint density at radius 3 is 2.33 bits per heavy atom. The number of anilines is 1. The summed E-state index contributed by atoms with van der Waals surface area (Å²) in [6.45, 7) is 0.608. The molecule has 2 aromatic heterocycles. The van der Waals surface area contributed by atoms with Crippen molar-refractivity contribution in [3.63, 3.8) is 0 Å². The molecule has 0 atom stereocenters. The van der Waals surface area contributed by atoms with E-state index in [-0.39, 0.29) is 24.0 Å². The fraction of sp³-hybridized carbons (Fsp3) is 0.161. The number of rotatable bonds is 11. The van der Waals surface area contributed by atoms with Gasteiger partial charge in [0.25, 0.3) is 0 Å². The number of pyridine rings is 1. The molecule has 0 aliphatic carbocycles. The molecule has 0 bridgehead atoms. The Labute approximate surface area is 231 Å². The van der Waals surface area contributed by atoms with E-state index in [1.165, 1.54) is 27.5 Å². The van der Waals surface area contributed by atoms with Gasteiger partial charge in [-0.1, -0.05) is 48.5 Å². The van der Waals surface area contributed by atoms with Crippen molar-refractivity contribution in [1.29, 1.82) is 0 Å². The minimum Gasteiger partial charge on any atom is -0.493 e. The fourth-order valence-electron chi connectivity index (χ4n) is 4.35. The van der Waals surface area contributed by atoms with E-state index < -0.39 is 0 Å². The molecule has 9 nitrogen and oxygen atoms in total. The molecule has 5 rings (SSSR count). The van der Waals surface area contributed by atoms with Crippen molar-refractivity contribution in [3.05, 3.63) is 108 Å². The lowest BCUT2D eigenvalue weighted by atomic mass is 10.0. The first-order chi connectivity index (χ1) is 19.6. The number of hydrogen-bond donors (Lipinski definition) is 1. The van der Waals surface area contributed by atoms with E-state index in [0.29, 0.717) is 35.2 Å². The Balaban J connectivity index is 1.50. The molecule has 0 aliphatic rings. The van der Waals surface area contributed by atoms with Gasteiger partial charge in [-0.3, -0.25) is 9.78 Å². The summed E-state index contributed by atoms with van der Waals surface area (Å²) in [5, 5.41) is 5.57. The summed E-state index contributed by atoms with van der Waals surface area (Å²) < 4.78 is 22.1. The van der Waals surface area contributed by atoms with Crippen LogP contribution in [0.25, 0.3) is 10.8 Å². The molecule has 3 aromatic carbocycles. The second-order valence-electron chi connectivity index (χ2n) is 8.76. The minimum absolute atomic E-state index is 0.118. The summed E-state index contributed by atoms with van der Waals surface area (Å²) in [6, 6.07) is 23.1. The lowest BCUT2D eigenvalue weighted by molar-refractivity contribution is 0.103. The topological polar surface area (TPSA) is 105 Å². The summed E-state index contributed by atoms with van der Waals surface area (Å²) in [7, 11) is 4.51. The number of carbonyl (C=O) groups is 1. The molecule has 0 unspecified atom stereocenters. The molecule has 0 amide bonds. The van der Waals surface area contributed by atoms with Crippen molar-refractivity contribution in [2.75, 3.05) is 26.6 Å². The number of carbonyl (C=O) groups excluding carboxylic acids is 1. The van der Waals surface area contributed by atoms with Crippen LogP contribution in [0.15, 0.2) is 85.2 Å². The average Bonchev–Trinajstić information content (AvgIpc) is 3.02. The van der Waals surface area contributed by atoms with Gasteiger partial charge in [-0.15, -0.1) is 0 Å². The maximum absolute atomic E-state index is 13.8. The van der Waals surface area contributed by atoms with Gasteiger partial charge in [0.1, 0.15) is 12.4 Å². The lowest BCUT2D eigenvalue weighted by Crippen LogP contribution is -2.13. The molecule has 0 aliphatic heterocycles. The third-order valence-corrected chi connectivity index (χ3v) is 6.34. The van der Waals surface area contributed by atoms with Crippen molar-refractivity contribution in [3.8, 4) is 23.3 Å². The smallest absolute Gasteiger partial charge is 0.318 e. The van der Waals surface area contributed by atoms with Gasteiger partial charge in [-0.25, -0.2) is 4.98 Å². The van der Waals surface area contributed by atoms with Crippen molar-refractivity contribution in [1.82, 2.24) is 15.0 Å². The van der Waals surface area contributed by atoms with Crippen LogP contribution in [-0.2, 0) is 13.2 Å². The molecular formula is C31H28N4O5. The summed E-state index contributed by atoms with van der Waals surface area (Å²) in [6.07, 6.45) is 3.15. The molecule has 202 valence electrons. The van der Waals surface area contributed by atoms with Gasteiger partial charge in [0, 0.05) is 24.5 Å². The SMILES string of the molecule is COc1cc(C(=O)c2cnc(OCc3ccccn3)nc2NCc2cccc3ccccc23)cc(OC)c1OC.